The lowest BCUT2D eigenvalue weighted by Crippen LogP contribution is -2.25. The second kappa shape index (κ2) is 7.26. The molecule has 26 heavy (non-hydrogen) atoms. The van der Waals surface area contributed by atoms with Gasteiger partial charge in [-0.2, -0.15) is 4.98 Å². The first-order valence-electron chi connectivity index (χ1n) is 7.93. The van der Waals surface area contributed by atoms with Crippen molar-refractivity contribution in [2.45, 2.75) is 26.3 Å². The SMILES string of the molecule is CC(C)c1cc(C(=O)NCc2nc(-c3ccc(F)cc3)no2)nc(N)n1. The van der Waals surface area contributed by atoms with Crippen LogP contribution in [0.1, 0.15) is 41.8 Å². The van der Waals surface area contributed by atoms with Gasteiger partial charge in [0.15, 0.2) is 0 Å². The van der Waals surface area contributed by atoms with Crippen molar-refractivity contribution in [2.75, 3.05) is 5.73 Å². The van der Waals surface area contributed by atoms with E-state index >= 15 is 0 Å². The van der Waals surface area contributed by atoms with E-state index in [0.29, 0.717) is 17.1 Å². The minimum absolute atomic E-state index is 0.0218. The van der Waals surface area contributed by atoms with Crippen LogP contribution in [0.4, 0.5) is 10.3 Å². The van der Waals surface area contributed by atoms with Gasteiger partial charge in [0.05, 0.1) is 6.54 Å². The first kappa shape index (κ1) is 17.5. The van der Waals surface area contributed by atoms with E-state index in [1.165, 1.54) is 12.1 Å². The number of hydrogen-bond donors (Lipinski definition) is 2. The van der Waals surface area contributed by atoms with E-state index in [9.17, 15) is 9.18 Å². The van der Waals surface area contributed by atoms with Crippen molar-refractivity contribution in [3.8, 4) is 11.4 Å². The van der Waals surface area contributed by atoms with Crippen LogP contribution in [0.3, 0.4) is 0 Å². The fraction of sp³-hybridized carbons (Fsp3) is 0.235. The standard InChI is InChI=1S/C17H17FN6O2/c1-9(2)12-7-13(22-17(19)21-12)16(25)20-8-14-23-15(24-26-14)10-3-5-11(18)6-4-10/h3-7,9H,8H2,1-2H3,(H,20,25)(H2,19,21,22). The molecule has 0 radical (unpaired) electrons. The average molecular weight is 356 g/mol. The summed E-state index contributed by atoms with van der Waals surface area (Å²) in [6.07, 6.45) is 0. The predicted molar refractivity (Wildman–Crippen MR) is 91.4 cm³/mol. The van der Waals surface area contributed by atoms with Crippen LogP contribution in [0.2, 0.25) is 0 Å². The van der Waals surface area contributed by atoms with Crippen LogP contribution in [0.25, 0.3) is 11.4 Å². The van der Waals surface area contributed by atoms with Gasteiger partial charge in [0, 0.05) is 11.3 Å². The molecule has 0 bridgehead atoms. The first-order chi connectivity index (χ1) is 12.4. The molecule has 0 aliphatic rings. The first-order valence-corrected chi connectivity index (χ1v) is 7.93. The molecular weight excluding hydrogens is 339 g/mol. The summed E-state index contributed by atoms with van der Waals surface area (Å²) in [5.74, 6) is -0.109. The van der Waals surface area contributed by atoms with Gasteiger partial charge in [-0.1, -0.05) is 19.0 Å². The topological polar surface area (TPSA) is 120 Å². The molecule has 0 saturated heterocycles. The van der Waals surface area contributed by atoms with Gasteiger partial charge in [0.2, 0.25) is 17.7 Å². The van der Waals surface area contributed by atoms with Crippen molar-refractivity contribution in [3.63, 3.8) is 0 Å². The van der Waals surface area contributed by atoms with Crippen molar-refractivity contribution in [3.05, 3.63) is 53.4 Å². The van der Waals surface area contributed by atoms with Crippen LogP contribution >= 0.6 is 0 Å². The Bertz CT molecular complexity index is 923. The van der Waals surface area contributed by atoms with Gasteiger partial charge in [-0.15, -0.1) is 0 Å². The second-order valence-electron chi connectivity index (χ2n) is 5.89. The lowest BCUT2D eigenvalue weighted by atomic mass is 10.1. The molecule has 1 amide bonds. The minimum Gasteiger partial charge on any atom is -0.368 e. The molecule has 0 saturated carbocycles. The molecule has 3 rings (SSSR count). The van der Waals surface area contributed by atoms with Crippen molar-refractivity contribution in [2.24, 2.45) is 0 Å². The van der Waals surface area contributed by atoms with Crippen LogP contribution in [-0.4, -0.2) is 26.0 Å². The molecular formula is C17H17FN6O2. The highest BCUT2D eigenvalue weighted by atomic mass is 19.1. The molecule has 8 nitrogen and oxygen atoms in total. The summed E-state index contributed by atoms with van der Waals surface area (Å²) in [4.78, 5) is 24.5. The van der Waals surface area contributed by atoms with Crippen molar-refractivity contribution in [1.29, 1.82) is 0 Å². The number of halogens is 1. The zero-order valence-corrected chi connectivity index (χ0v) is 14.2. The van der Waals surface area contributed by atoms with E-state index in [4.69, 9.17) is 10.3 Å². The quantitative estimate of drug-likeness (QED) is 0.719. The van der Waals surface area contributed by atoms with E-state index in [2.05, 4.69) is 25.4 Å². The van der Waals surface area contributed by atoms with Gasteiger partial charge in [0.1, 0.15) is 11.5 Å². The molecule has 0 fully saturated rings. The number of benzene rings is 1. The third-order valence-electron chi connectivity index (χ3n) is 3.56. The van der Waals surface area contributed by atoms with Crippen LogP contribution in [-0.2, 0) is 6.54 Å². The number of carbonyl (C=O) groups is 1. The Labute approximate surface area is 148 Å². The Morgan fingerprint density at radius 3 is 2.65 bits per heavy atom. The molecule has 3 aromatic rings. The van der Waals surface area contributed by atoms with Crippen LogP contribution < -0.4 is 11.1 Å². The maximum Gasteiger partial charge on any atom is 0.270 e. The van der Waals surface area contributed by atoms with Crippen LogP contribution in [0.15, 0.2) is 34.9 Å². The normalized spacial score (nSPS) is 10.9. The Kier molecular flexibility index (Phi) is 4.87. The summed E-state index contributed by atoms with van der Waals surface area (Å²) >= 11 is 0. The zero-order valence-electron chi connectivity index (χ0n) is 14.2. The highest BCUT2D eigenvalue weighted by Gasteiger charge is 2.14. The lowest BCUT2D eigenvalue weighted by Gasteiger charge is -2.08. The highest BCUT2D eigenvalue weighted by Crippen LogP contribution is 2.16. The molecule has 2 aromatic heterocycles. The van der Waals surface area contributed by atoms with E-state index in [1.54, 1.807) is 18.2 Å². The van der Waals surface area contributed by atoms with Gasteiger partial charge in [0.25, 0.3) is 5.91 Å². The van der Waals surface area contributed by atoms with E-state index in [0.717, 1.165) is 0 Å². The fourth-order valence-electron chi connectivity index (χ4n) is 2.19. The number of nitrogens with one attached hydrogen (secondary N) is 1. The summed E-state index contributed by atoms with van der Waals surface area (Å²) in [6.45, 7) is 3.91. The van der Waals surface area contributed by atoms with Gasteiger partial charge in [-0.25, -0.2) is 14.4 Å². The molecule has 134 valence electrons. The predicted octanol–water partition coefficient (Wildman–Crippen LogP) is 2.30. The number of nitrogens with zero attached hydrogens (tertiary/aromatic N) is 4. The van der Waals surface area contributed by atoms with E-state index in [1.807, 2.05) is 13.8 Å². The number of nitrogen functional groups attached to an aromatic ring is 1. The van der Waals surface area contributed by atoms with Crippen LogP contribution in [0, 0.1) is 5.82 Å². The summed E-state index contributed by atoms with van der Waals surface area (Å²) in [6, 6.07) is 7.28. The summed E-state index contributed by atoms with van der Waals surface area (Å²) in [5.41, 5.74) is 7.11. The second-order valence-corrected chi connectivity index (χ2v) is 5.89. The maximum atomic E-state index is 13.0. The lowest BCUT2D eigenvalue weighted by molar-refractivity contribution is 0.0941. The smallest absolute Gasteiger partial charge is 0.270 e. The van der Waals surface area contributed by atoms with Crippen molar-refractivity contribution >= 4 is 11.9 Å². The maximum absolute atomic E-state index is 13.0. The number of carbonyl (C=O) groups excluding carboxylic acids is 1. The third-order valence-corrected chi connectivity index (χ3v) is 3.56. The number of nitrogens with two attached hydrogens (primary N) is 1. The highest BCUT2D eigenvalue weighted by molar-refractivity contribution is 5.92. The third kappa shape index (κ3) is 4.00. The number of aromatic nitrogens is 4. The molecule has 1 aromatic carbocycles. The molecule has 0 aliphatic carbocycles. The molecule has 0 spiro atoms. The van der Waals surface area contributed by atoms with Gasteiger partial charge in [-0.05, 0) is 36.2 Å². The van der Waals surface area contributed by atoms with Crippen LogP contribution in [0.5, 0.6) is 0 Å². The molecule has 0 unspecified atom stereocenters. The molecule has 0 atom stereocenters. The van der Waals surface area contributed by atoms with Crippen molar-refractivity contribution in [1.82, 2.24) is 25.4 Å². The largest absolute Gasteiger partial charge is 0.368 e. The van der Waals surface area contributed by atoms with Gasteiger partial charge >= 0.3 is 0 Å². The number of anilines is 1. The Hall–Kier alpha value is -3.36. The number of hydrogen-bond acceptors (Lipinski definition) is 7. The minimum atomic E-state index is -0.428. The Balaban J connectivity index is 1.68. The zero-order chi connectivity index (χ0) is 18.7. The number of amides is 1. The monoisotopic (exact) mass is 356 g/mol. The molecule has 2 heterocycles. The van der Waals surface area contributed by atoms with E-state index < -0.39 is 5.91 Å². The van der Waals surface area contributed by atoms with E-state index in [-0.39, 0.29) is 35.8 Å². The van der Waals surface area contributed by atoms with Gasteiger partial charge in [-0.3, -0.25) is 4.79 Å². The Morgan fingerprint density at radius 1 is 1.23 bits per heavy atom. The summed E-state index contributed by atoms with van der Waals surface area (Å²) in [5, 5.41) is 6.45. The molecule has 0 aliphatic heterocycles. The molecule has 9 heteroatoms. The van der Waals surface area contributed by atoms with Gasteiger partial charge < -0.3 is 15.6 Å². The number of rotatable bonds is 5. The summed E-state index contributed by atoms with van der Waals surface area (Å²) in [7, 11) is 0. The molecule has 3 N–H and O–H groups in total. The fourth-order valence-corrected chi connectivity index (χ4v) is 2.19. The van der Waals surface area contributed by atoms with Crippen molar-refractivity contribution < 1.29 is 13.7 Å². The Morgan fingerprint density at radius 2 is 1.96 bits per heavy atom. The average Bonchev–Trinajstić information content (AvgIpc) is 3.08. The summed E-state index contributed by atoms with van der Waals surface area (Å²) < 4.78 is 18.0.